The first-order valence-corrected chi connectivity index (χ1v) is 12.3. The number of carbonyl (C=O) groups is 1. The molecule has 37 heavy (non-hydrogen) atoms. The number of benzene rings is 4. The molecule has 0 N–H and O–H groups in total. The summed E-state index contributed by atoms with van der Waals surface area (Å²) in [4.78, 5) is 15.7. The average molecular weight is 480 g/mol. The Kier molecular flexibility index (Phi) is 6.05. The van der Waals surface area contributed by atoms with Crippen LogP contribution < -0.4 is 0 Å². The lowest BCUT2D eigenvalue weighted by Crippen LogP contribution is -2.25. The predicted molar refractivity (Wildman–Crippen MR) is 148 cm³/mol. The minimum atomic E-state index is -0.0193. The maximum Gasteiger partial charge on any atom is 0.258 e. The molecule has 0 radical (unpaired) electrons. The van der Waals surface area contributed by atoms with E-state index in [1.54, 1.807) is 0 Å². The summed E-state index contributed by atoms with van der Waals surface area (Å²) in [6, 6.07) is 40.3. The molecule has 0 fully saturated rings. The third-order valence-corrected chi connectivity index (χ3v) is 6.45. The van der Waals surface area contributed by atoms with Crippen molar-refractivity contribution in [1.29, 1.82) is 0 Å². The van der Waals surface area contributed by atoms with Crippen LogP contribution in [0.1, 0.15) is 16.7 Å². The minimum absolute atomic E-state index is 0.0193. The van der Waals surface area contributed by atoms with Crippen molar-refractivity contribution in [1.82, 2.24) is 14.7 Å². The van der Waals surface area contributed by atoms with Crippen molar-refractivity contribution in [2.24, 2.45) is 0 Å². The van der Waals surface area contributed by atoms with Gasteiger partial charge < -0.3 is 4.90 Å². The number of rotatable bonds is 6. The van der Waals surface area contributed by atoms with Gasteiger partial charge in [0.05, 0.1) is 23.6 Å². The highest BCUT2D eigenvalue weighted by molar-refractivity contribution is 6.11. The summed E-state index contributed by atoms with van der Waals surface area (Å²) in [6.45, 7) is 0.507. The third kappa shape index (κ3) is 4.65. The van der Waals surface area contributed by atoms with Gasteiger partial charge in [-0.05, 0) is 35.4 Å². The first kappa shape index (κ1) is 22.5. The summed E-state index contributed by atoms with van der Waals surface area (Å²) in [5.74, 6) is -0.0193. The molecule has 0 atom stereocenters. The Morgan fingerprint density at radius 1 is 0.676 bits per heavy atom. The van der Waals surface area contributed by atoms with Crippen LogP contribution in [0.4, 0.5) is 0 Å². The Morgan fingerprint density at radius 2 is 1.24 bits per heavy atom. The predicted octanol–water partition coefficient (Wildman–Crippen LogP) is 7.01. The second-order valence-electron chi connectivity index (χ2n) is 8.95. The molecule has 6 rings (SSSR count). The van der Waals surface area contributed by atoms with Crippen LogP contribution >= 0.6 is 0 Å². The lowest BCUT2D eigenvalue weighted by molar-refractivity contribution is -0.123. The highest BCUT2D eigenvalue weighted by Gasteiger charge is 2.29. The molecule has 0 saturated carbocycles. The van der Waals surface area contributed by atoms with E-state index in [9.17, 15) is 4.79 Å². The Balaban J connectivity index is 1.45. The number of hydrogen-bond donors (Lipinski definition) is 0. The van der Waals surface area contributed by atoms with E-state index in [-0.39, 0.29) is 5.91 Å². The Morgan fingerprint density at radius 3 is 1.89 bits per heavy atom. The zero-order valence-corrected chi connectivity index (χ0v) is 20.2. The van der Waals surface area contributed by atoms with Crippen LogP contribution in [0.3, 0.4) is 0 Å². The fourth-order valence-electron chi connectivity index (χ4n) is 4.62. The maximum atomic E-state index is 13.8. The van der Waals surface area contributed by atoms with Crippen molar-refractivity contribution >= 4 is 17.7 Å². The first-order valence-electron chi connectivity index (χ1n) is 12.3. The van der Waals surface area contributed by atoms with Gasteiger partial charge in [-0.25, -0.2) is 4.68 Å². The zero-order valence-electron chi connectivity index (χ0n) is 20.2. The fraction of sp³-hybridized carbons (Fsp3) is 0.0303. The second kappa shape index (κ2) is 9.96. The first-order chi connectivity index (χ1) is 18.3. The molecule has 5 aromatic rings. The quantitative estimate of drug-likeness (QED) is 0.246. The molecule has 0 saturated heterocycles. The zero-order chi connectivity index (χ0) is 25.0. The van der Waals surface area contributed by atoms with Crippen LogP contribution in [0.25, 0.3) is 28.7 Å². The lowest BCUT2D eigenvalue weighted by Gasteiger charge is -2.20. The fourth-order valence-corrected chi connectivity index (χ4v) is 4.62. The average Bonchev–Trinajstić information content (AvgIpc) is 3.52. The summed E-state index contributed by atoms with van der Waals surface area (Å²) in [5, 5.41) is 4.91. The molecule has 0 bridgehead atoms. The summed E-state index contributed by atoms with van der Waals surface area (Å²) < 4.78 is 1.87. The van der Waals surface area contributed by atoms with Crippen LogP contribution in [-0.4, -0.2) is 20.6 Å². The van der Waals surface area contributed by atoms with Crippen LogP contribution in [-0.2, 0) is 11.3 Å². The van der Waals surface area contributed by atoms with Gasteiger partial charge in [-0.3, -0.25) is 4.79 Å². The molecule has 2 heterocycles. The van der Waals surface area contributed by atoms with Crippen LogP contribution in [0.2, 0.25) is 0 Å². The van der Waals surface area contributed by atoms with Gasteiger partial charge in [-0.1, -0.05) is 109 Å². The SMILES string of the molecule is O=C1/C(=C/c2cn(-c3ccccc3)nc2-c2ccccc2)C=C(c2ccccc2)N1Cc1ccccc1. The van der Waals surface area contributed by atoms with E-state index in [2.05, 4.69) is 12.1 Å². The Labute approximate surface area is 216 Å². The van der Waals surface area contributed by atoms with E-state index in [4.69, 9.17) is 5.10 Å². The van der Waals surface area contributed by atoms with Gasteiger partial charge in [-0.15, -0.1) is 0 Å². The molecule has 1 amide bonds. The van der Waals surface area contributed by atoms with Gasteiger partial charge in [0, 0.05) is 22.9 Å². The van der Waals surface area contributed by atoms with Gasteiger partial charge in [0.15, 0.2) is 0 Å². The highest BCUT2D eigenvalue weighted by atomic mass is 16.2. The molecular weight excluding hydrogens is 454 g/mol. The van der Waals surface area contributed by atoms with Crippen molar-refractivity contribution in [2.45, 2.75) is 6.54 Å². The summed E-state index contributed by atoms with van der Waals surface area (Å²) >= 11 is 0. The van der Waals surface area contributed by atoms with Crippen molar-refractivity contribution in [3.63, 3.8) is 0 Å². The largest absolute Gasteiger partial charge is 0.303 e. The van der Waals surface area contributed by atoms with Crippen molar-refractivity contribution < 1.29 is 4.79 Å². The molecule has 0 aliphatic carbocycles. The molecule has 178 valence electrons. The molecule has 1 aliphatic rings. The van der Waals surface area contributed by atoms with Gasteiger partial charge in [0.25, 0.3) is 5.91 Å². The molecule has 0 unspecified atom stereocenters. The number of nitrogens with zero attached hydrogens (tertiary/aromatic N) is 3. The summed E-state index contributed by atoms with van der Waals surface area (Å²) in [7, 11) is 0. The minimum Gasteiger partial charge on any atom is -0.303 e. The standard InChI is InChI=1S/C33H25N3O/c37-33-28(22-31(26-15-7-2-8-16-26)35(33)23-25-13-5-1-6-14-25)21-29-24-36(30-19-11-4-12-20-30)34-32(29)27-17-9-3-10-18-27/h1-22,24H,23H2/b28-21+. The van der Waals surface area contributed by atoms with Crippen LogP contribution in [0.15, 0.2) is 139 Å². The van der Waals surface area contributed by atoms with Crippen molar-refractivity contribution in [3.8, 4) is 16.9 Å². The van der Waals surface area contributed by atoms with Gasteiger partial charge >= 0.3 is 0 Å². The smallest absolute Gasteiger partial charge is 0.258 e. The van der Waals surface area contributed by atoms with Crippen LogP contribution in [0, 0.1) is 0 Å². The van der Waals surface area contributed by atoms with E-state index in [0.29, 0.717) is 12.1 Å². The van der Waals surface area contributed by atoms with Gasteiger partial charge in [0.2, 0.25) is 0 Å². The molecular formula is C33H25N3O. The van der Waals surface area contributed by atoms with Crippen molar-refractivity contribution in [2.75, 3.05) is 0 Å². The number of aromatic nitrogens is 2. The van der Waals surface area contributed by atoms with E-state index >= 15 is 0 Å². The van der Waals surface area contributed by atoms with E-state index in [1.807, 2.05) is 137 Å². The molecule has 4 heteroatoms. The second-order valence-corrected chi connectivity index (χ2v) is 8.95. The summed E-state index contributed by atoms with van der Waals surface area (Å²) in [6.07, 6.45) is 5.95. The third-order valence-electron chi connectivity index (χ3n) is 6.45. The monoisotopic (exact) mass is 479 g/mol. The summed E-state index contributed by atoms with van der Waals surface area (Å²) in [5.41, 5.74) is 7.33. The Hall–Kier alpha value is -4.96. The van der Waals surface area contributed by atoms with E-state index in [0.717, 1.165) is 39.3 Å². The molecule has 4 nitrogen and oxygen atoms in total. The molecule has 0 spiro atoms. The van der Waals surface area contributed by atoms with E-state index in [1.165, 1.54) is 0 Å². The van der Waals surface area contributed by atoms with Crippen LogP contribution in [0.5, 0.6) is 0 Å². The lowest BCUT2D eigenvalue weighted by atomic mass is 10.1. The normalized spacial score (nSPS) is 14.3. The Bertz CT molecular complexity index is 1590. The highest BCUT2D eigenvalue weighted by Crippen LogP contribution is 2.34. The molecule has 1 aromatic heterocycles. The number of carbonyl (C=O) groups excluding carboxylic acids is 1. The number of hydrogen-bond acceptors (Lipinski definition) is 2. The maximum absolute atomic E-state index is 13.8. The van der Waals surface area contributed by atoms with Gasteiger partial charge in [-0.2, -0.15) is 5.10 Å². The molecule has 1 aliphatic heterocycles. The van der Waals surface area contributed by atoms with Gasteiger partial charge in [0.1, 0.15) is 0 Å². The number of para-hydroxylation sites is 1. The van der Waals surface area contributed by atoms with E-state index < -0.39 is 0 Å². The van der Waals surface area contributed by atoms with Crippen molar-refractivity contribution in [3.05, 3.63) is 156 Å². The topological polar surface area (TPSA) is 38.1 Å². The number of amides is 1. The molecule has 4 aromatic carbocycles.